The van der Waals surface area contributed by atoms with Gasteiger partial charge >= 0.3 is 0 Å². The number of hydrogen-bond donors (Lipinski definition) is 2. The first kappa shape index (κ1) is 19.9. The number of aryl methyl sites for hydroxylation is 2. The molecule has 6 heteroatoms. The van der Waals surface area contributed by atoms with Gasteiger partial charge < -0.3 is 10.6 Å². The third-order valence-corrected chi connectivity index (χ3v) is 4.40. The van der Waals surface area contributed by atoms with E-state index in [-0.39, 0.29) is 24.0 Å². The van der Waals surface area contributed by atoms with Crippen molar-refractivity contribution in [3.05, 3.63) is 51.5 Å². The lowest BCUT2D eigenvalue weighted by Crippen LogP contribution is -2.38. The lowest BCUT2D eigenvalue weighted by molar-refractivity contribution is 0.798. The fraction of sp³-hybridized carbons (Fsp3) is 0.412. The minimum Gasteiger partial charge on any atom is -0.357 e. The maximum atomic E-state index is 4.61. The first-order valence-electron chi connectivity index (χ1n) is 7.68. The van der Waals surface area contributed by atoms with Gasteiger partial charge in [-0.05, 0) is 32.8 Å². The van der Waals surface area contributed by atoms with Crippen LogP contribution in [-0.4, -0.2) is 24.0 Å². The molecule has 4 nitrogen and oxygen atoms in total. The van der Waals surface area contributed by atoms with Crippen LogP contribution >= 0.6 is 35.3 Å². The normalized spacial score (nSPS) is 11.0. The van der Waals surface area contributed by atoms with E-state index in [1.165, 1.54) is 10.4 Å². The highest BCUT2D eigenvalue weighted by atomic mass is 127. The molecule has 2 rings (SSSR count). The third-order valence-electron chi connectivity index (χ3n) is 3.34. The molecule has 0 unspecified atom stereocenters. The highest BCUT2D eigenvalue weighted by Crippen LogP contribution is 2.16. The summed E-state index contributed by atoms with van der Waals surface area (Å²) in [4.78, 5) is 10.4. The lowest BCUT2D eigenvalue weighted by atomic mass is 10.1. The minimum atomic E-state index is 0. The Kier molecular flexibility index (Phi) is 9.16. The number of thiazole rings is 1. The molecule has 0 bridgehead atoms. The van der Waals surface area contributed by atoms with Gasteiger partial charge in [0.2, 0.25) is 0 Å². The van der Waals surface area contributed by atoms with Crippen LogP contribution in [0.2, 0.25) is 0 Å². The fourth-order valence-electron chi connectivity index (χ4n) is 2.07. The summed E-state index contributed by atoms with van der Waals surface area (Å²) in [6.45, 7) is 8.57. The van der Waals surface area contributed by atoms with Crippen molar-refractivity contribution in [1.29, 1.82) is 0 Å². The van der Waals surface area contributed by atoms with Gasteiger partial charge in [0.05, 0.1) is 12.2 Å². The van der Waals surface area contributed by atoms with Gasteiger partial charge in [-0.2, -0.15) is 0 Å². The third kappa shape index (κ3) is 6.87. The van der Waals surface area contributed by atoms with Crippen LogP contribution in [0.3, 0.4) is 0 Å². The molecule has 2 N–H and O–H groups in total. The minimum absolute atomic E-state index is 0. The van der Waals surface area contributed by atoms with Crippen molar-refractivity contribution in [2.24, 2.45) is 4.99 Å². The Bertz CT molecular complexity index is 591. The van der Waals surface area contributed by atoms with Crippen molar-refractivity contribution in [3.8, 4) is 0 Å². The number of benzene rings is 1. The van der Waals surface area contributed by atoms with Gasteiger partial charge in [-0.25, -0.2) is 9.98 Å². The predicted octanol–water partition coefficient (Wildman–Crippen LogP) is 3.68. The maximum absolute atomic E-state index is 4.61. The lowest BCUT2D eigenvalue weighted by Gasteiger charge is -2.10. The van der Waals surface area contributed by atoms with E-state index in [1.54, 1.807) is 11.3 Å². The number of aromatic nitrogens is 1. The van der Waals surface area contributed by atoms with Crippen molar-refractivity contribution >= 4 is 41.3 Å². The number of halogens is 1. The van der Waals surface area contributed by atoms with Gasteiger partial charge in [0, 0.05) is 18.0 Å². The van der Waals surface area contributed by atoms with E-state index in [2.05, 4.69) is 58.7 Å². The molecule has 126 valence electrons. The van der Waals surface area contributed by atoms with E-state index < -0.39 is 0 Å². The summed E-state index contributed by atoms with van der Waals surface area (Å²) in [6, 6.07) is 10.5. The average Bonchev–Trinajstić information content (AvgIpc) is 2.84. The summed E-state index contributed by atoms with van der Waals surface area (Å²) in [5.41, 5.74) is 2.44. The van der Waals surface area contributed by atoms with Crippen molar-refractivity contribution in [2.75, 3.05) is 13.1 Å². The Morgan fingerprint density at radius 3 is 2.52 bits per heavy atom. The fourth-order valence-corrected chi connectivity index (χ4v) is 2.92. The van der Waals surface area contributed by atoms with Crippen LogP contribution < -0.4 is 10.6 Å². The van der Waals surface area contributed by atoms with Gasteiger partial charge in [0.1, 0.15) is 5.01 Å². The SMILES string of the molecule is CCNC(=NCc1nc(C)c(C)s1)NCCc1ccccc1.I. The molecule has 0 fully saturated rings. The van der Waals surface area contributed by atoms with Crippen LogP contribution in [0.5, 0.6) is 0 Å². The second-order valence-corrected chi connectivity index (χ2v) is 6.39. The molecule has 0 radical (unpaired) electrons. The summed E-state index contributed by atoms with van der Waals surface area (Å²) in [7, 11) is 0. The number of aliphatic imine (C=N–C) groups is 1. The van der Waals surface area contributed by atoms with Crippen molar-refractivity contribution in [2.45, 2.75) is 33.7 Å². The van der Waals surface area contributed by atoms with Gasteiger partial charge in [0.15, 0.2) is 5.96 Å². The maximum Gasteiger partial charge on any atom is 0.191 e. The highest BCUT2D eigenvalue weighted by molar-refractivity contribution is 14.0. The predicted molar refractivity (Wildman–Crippen MR) is 110 cm³/mol. The van der Waals surface area contributed by atoms with Crippen LogP contribution in [-0.2, 0) is 13.0 Å². The number of hydrogen-bond acceptors (Lipinski definition) is 3. The van der Waals surface area contributed by atoms with E-state index in [9.17, 15) is 0 Å². The van der Waals surface area contributed by atoms with Crippen LogP contribution in [0.25, 0.3) is 0 Å². The van der Waals surface area contributed by atoms with Gasteiger partial charge in [-0.1, -0.05) is 30.3 Å². The zero-order valence-electron chi connectivity index (χ0n) is 13.9. The number of nitrogens with zero attached hydrogens (tertiary/aromatic N) is 2. The molecule has 0 saturated carbocycles. The smallest absolute Gasteiger partial charge is 0.191 e. The summed E-state index contributed by atoms with van der Waals surface area (Å²) in [6.07, 6.45) is 0.987. The van der Waals surface area contributed by atoms with Crippen molar-refractivity contribution in [3.63, 3.8) is 0 Å². The quantitative estimate of drug-likeness (QED) is 0.406. The van der Waals surface area contributed by atoms with Crippen LogP contribution in [0.1, 0.15) is 28.1 Å². The zero-order valence-corrected chi connectivity index (χ0v) is 17.1. The first-order valence-corrected chi connectivity index (χ1v) is 8.49. The summed E-state index contributed by atoms with van der Waals surface area (Å²) < 4.78 is 0. The van der Waals surface area contributed by atoms with E-state index in [4.69, 9.17) is 0 Å². The molecule has 1 aromatic heterocycles. The van der Waals surface area contributed by atoms with Crippen LogP contribution in [0, 0.1) is 13.8 Å². The Labute approximate surface area is 159 Å². The van der Waals surface area contributed by atoms with Gasteiger partial charge in [0.25, 0.3) is 0 Å². The zero-order chi connectivity index (χ0) is 15.8. The summed E-state index contributed by atoms with van der Waals surface area (Å²) in [5, 5.41) is 7.72. The topological polar surface area (TPSA) is 49.3 Å². The van der Waals surface area contributed by atoms with E-state index >= 15 is 0 Å². The average molecular weight is 444 g/mol. The molecule has 0 amide bonds. The van der Waals surface area contributed by atoms with E-state index in [0.29, 0.717) is 6.54 Å². The van der Waals surface area contributed by atoms with Gasteiger partial charge in [-0.3, -0.25) is 0 Å². The molecule has 0 aliphatic rings. The van der Waals surface area contributed by atoms with Crippen LogP contribution in [0.15, 0.2) is 35.3 Å². The summed E-state index contributed by atoms with van der Waals surface area (Å²) in [5.74, 6) is 0.851. The Balaban J connectivity index is 0.00000264. The summed E-state index contributed by atoms with van der Waals surface area (Å²) >= 11 is 1.72. The first-order chi connectivity index (χ1) is 10.7. The van der Waals surface area contributed by atoms with Crippen molar-refractivity contribution < 1.29 is 0 Å². The molecule has 23 heavy (non-hydrogen) atoms. The number of guanidine groups is 1. The van der Waals surface area contributed by atoms with Crippen LogP contribution in [0.4, 0.5) is 0 Å². The molecule has 0 aliphatic carbocycles. The molecule has 0 saturated heterocycles. The highest BCUT2D eigenvalue weighted by Gasteiger charge is 2.03. The Hall–Kier alpha value is -1.15. The number of rotatable bonds is 6. The van der Waals surface area contributed by atoms with E-state index in [0.717, 1.165) is 36.2 Å². The van der Waals surface area contributed by atoms with Crippen molar-refractivity contribution in [1.82, 2.24) is 15.6 Å². The molecule has 0 atom stereocenters. The monoisotopic (exact) mass is 444 g/mol. The number of nitrogens with one attached hydrogen (secondary N) is 2. The molecule has 2 aromatic rings. The molecule has 1 aromatic carbocycles. The standard InChI is InChI=1S/C17H24N4S.HI/c1-4-18-17(19-11-10-15-8-6-5-7-9-15)20-12-16-21-13(2)14(3)22-16;/h5-9H,4,10-12H2,1-3H3,(H2,18,19,20);1H. The Morgan fingerprint density at radius 2 is 1.91 bits per heavy atom. The second kappa shape index (κ2) is 10.6. The Morgan fingerprint density at radius 1 is 1.17 bits per heavy atom. The molecule has 0 spiro atoms. The van der Waals surface area contributed by atoms with Gasteiger partial charge in [-0.15, -0.1) is 35.3 Å². The molecular formula is C17H25IN4S. The molecule has 1 heterocycles. The second-order valence-electron chi connectivity index (χ2n) is 5.11. The molecular weight excluding hydrogens is 419 g/mol. The van der Waals surface area contributed by atoms with E-state index in [1.807, 2.05) is 13.0 Å². The largest absolute Gasteiger partial charge is 0.357 e. The molecule has 0 aliphatic heterocycles.